The standard InChI is InChI=1S/C15H17N3O3S/c1-10-3-4-13(21-10)12(9-20-2)16-8-11-7-14(19)18-5-6-22-15(18)17-11/h3-7,12,16H,8-9H2,1-2H3/t12-/m0/s1. The average Bonchev–Trinajstić information content (AvgIpc) is 3.12. The summed E-state index contributed by atoms with van der Waals surface area (Å²) < 4.78 is 12.4. The molecule has 0 bridgehead atoms. The number of methoxy groups -OCH3 is 1. The summed E-state index contributed by atoms with van der Waals surface area (Å²) in [5.74, 6) is 1.67. The highest BCUT2D eigenvalue weighted by atomic mass is 32.1. The van der Waals surface area contributed by atoms with Crippen molar-refractivity contribution >= 4 is 16.3 Å². The number of furan rings is 1. The molecule has 0 amide bonds. The summed E-state index contributed by atoms with van der Waals surface area (Å²) in [4.78, 5) is 17.1. The van der Waals surface area contributed by atoms with Crippen LogP contribution in [0, 0.1) is 6.92 Å². The highest BCUT2D eigenvalue weighted by molar-refractivity contribution is 7.15. The Morgan fingerprint density at radius 3 is 3.09 bits per heavy atom. The van der Waals surface area contributed by atoms with Crippen LogP contribution < -0.4 is 10.9 Å². The maximum Gasteiger partial charge on any atom is 0.258 e. The van der Waals surface area contributed by atoms with E-state index in [-0.39, 0.29) is 11.6 Å². The van der Waals surface area contributed by atoms with E-state index >= 15 is 0 Å². The van der Waals surface area contributed by atoms with E-state index in [2.05, 4.69) is 10.3 Å². The fourth-order valence-electron chi connectivity index (χ4n) is 2.26. The van der Waals surface area contributed by atoms with Gasteiger partial charge < -0.3 is 9.15 Å². The molecule has 6 nitrogen and oxygen atoms in total. The van der Waals surface area contributed by atoms with Gasteiger partial charge in [0.05, 0.1) is 18.3 Å². The van der Waals surface area contributed by atoms with E-state index in [1.807, 2.05) is 24.4 Å². The molecular formula is C15H17N3O3S. The first kappa shape index (κ1) is 15.0. The van der Waals surface area contributed by atoms with Crippen LogP contribution in [0.1, 0.15) is 23.3 Å². The molecule has 1 atom stereocenters. The Hall–Kier alpha value is -1.96. The molecule has 0 aliphatic rings. The van der Waals surface area contributed by atoms with Gasteiger partial charge in [-0.2, -0.15) is 0 Å². The molecule has 0 radical (unpaired) electrons. The molecule has 0 aliphatic carbocycles. The van der Waals surface area contributed by atoms with Gasteiger partial charge in [0.2, 0.25) is 0 Å². The lowest BCUT2D eigenvalue weighted by Gasteiger charge is -2.15. The molecular weight excluding hydrogens is 302 g/mol. The van der Waals surface area contributed by atoms with Crippen molar-refractivity contribution in [2.45, 2.75) is 19.5 Å². The van der Waals surface area contributed by atoms with E-state index in [4.69, 9.17) is 9.15 Å². The van der Waals surface area contributed by atoms with Crippen molar-refractivity contribution in [3.63, 3.8) is 0 Å². The van der Waals surface area contributed by atoms with E-state index < -0.39 is 0 Å². The minimum atomic E-state index is -0.0812. The van der Waals surface area contributed by atoms with E-state index in [0.717, 1.165) is 11.5 Å². The molecule has 3 heterocycles. The number of hydrogen-bond donors (Lipinski definition) is 1. The molecule has 0 fully saturated rings. The van der Waals surface area contributed by atoms with Gasteiger partial charge in [0.1, 0.15) is 11.5 Å². The first-order chi connectivity index (χ1) is 10.7. The van der Waals surface area contributed by atoms with Crippen molar-refractivity contribution in [2.24, 2.45) is 0 Å². The van der Waals surface area contributed by atoms with Gasteiger partial charge in [0, 0.05) is 31.3 Å². The van der Waals surface area contributed by atoms with E-state index in [1.54, 1.807) is 19.4 Å². The normalized spacial score (nSPS) is 12.8. The van der Waals surface area contributed by atoms with Crippen molar-refractivity contribution < 1.29 is 9.15 Å². The van der Waals surface area contributed by atoms with Crippen LogP contribution >= 0.6 is 11.3 Å². The molecule has 3 aromatic heterocycles. The first-order valence-electron chi connectivity index (χ1n) is 6.92. The molecule has 1 N–H and O–H groups in total. The highest BCUT2D eigenvalue weighted by Gasteiger charge is 2.15. The van der Waals surface area contributed by atoms with Gasteiger partial charge in [0.25, 0.3) is 5.56 Å². The smallest absolute Gasteiger partial charge is 0.258 e. The minimum absolute atomic E-state index is 0.0693. The Labute approximate surface area is 131 Å². The van der Waals surface area contributed by atoms with E-state index in [1.165, 1.54) is 15.7 Å². The van der Waals surface area contributed by atoms with Gasteiger partial charge >= 0.3 is 0 Å². The van der Waals surface area contributed by atoms with Crippen molar-refractivity contribution in [3.05, 3.63) is 57.3 Å². The predicted molar refractivity (Wildman–Crippen MR) is 84.2 cm³/mol. The molecule has 0 unspecified atom stereocenters. The number of hydrogen-bond acceptors (Lipinski definition) is 6. The molecule has 0 spiro atoms. The number of nitrogens with zero attached hydrogens (tertiary/aromatic N) is 2. The molecule has 0 saturated carbocycles. The second-order valence-corrected chi connectivity index (χ2v) is 5.85. The average molecular weight is 319 g/mol. The van der Waals surface area contributed by atoms with Gasteiger partial charge in [-0.3, -0.25) is 14.5 Å². The van der Waals surface area contributed by atoms with Crippen molar-refractivity contribution in [1.82, 2.24) is 14.7 Å². The second-order valence-electron chi connectivity index (χ2n) is 4.98. The number of aromatic nitrogens is 2. The molecule has 116 valence electrons. The summed E-state index contributed by atoms with van der Waals surface area (Å²) in [6, 6.07) is 5.31. The third-order valence-corrected chi connectivity index (χ3v) is 4.08. The van der Waals surface area contributed by atoms with Gasteiger partial charge in [0.15, 0.2) is 4.96 Å². The maximum atomic E-state index is 12.0. The lowest BCUT2D eigenvalue weighted by Crippen LogP contribution is -2.26. The molecule has 7 heteroatoms. The number of aryl methyl sites for hydroxylation is 1. The van der Waals surface area contributed by atoms with E-state index in [9.17, 15) is 4.79 Å². The molecule has 22 heavy (non-hydrogen) atoms. The fraction of sp³-hybridized carbons (Fsp3) is 0.333. The van der Waals surface area contributed by atoms with Crippen LogP contribution in [0.5, 0.6) is 0 Å². The SMILES string of the molecule is COC[C@H](NCc1cc(=O)n2ccsc2n1)c1ccc(C)o1. The predicted octanol–water partition coefficient (Wildman–Crippen LogP) is 2.13. The topological polar surface area (TPSA) is 68.8 Å². The molecule has 3 rings (SSSR count). The minimum Gasteiger partial charge on any atom is -0.465 e. The lowest BCUT2D eigenvalue weighted by molar-refractivity contribution is 0.156. The molecule has 0 aromatic carbocycles. The number of rotatable bonds is 6. The zero-order chi connectivity index (χ0) is 15.5. The van der Waals surface area contributed by atoms with Crippen molar-refractivity contribution in [2.75, 3.05) is 13.7 Å². The van der Waals surface area contributed by atoms with Gasteiger partial charge in [-0.15, -0.1) is 11.3 Å². The number of fused-ring (bicyclic) bond motifs is 1. The summed E-state index contributed by atoms with van der Waals surface area (Å²) in [6.07, 6.45) is 1.73. The summed E-state index contributed by atoms with van der Waals surface area (Å²) in [7, 11) is 1.65. The highest BCUT2D eigenvalue weighted by Crippen LogP contribution is 2.17. The van der Waals surface area contributed by atoms with Crippen LogP contribution in [0.25, 0.3) is 4.96 Å². The monoisotopic (exact) mass is 319 g/mol. The molecule has 0 saturated heterocycles. The van der Waals surface area contributed by atoms with Gasteiger partial charge in [-0.05, 0) is 19.1 Å². The molecule has 0 aliphatic heterocycles. The first-order valence-corrected chi connectivity index (χ1v) is 7.80. The Morgan fingerprint density at radius 2 is 2.36 bits per heavy atom. The maximum absolute atomic E-state index is 12.0. The zero-order valence-electron chi connectivity index (χ0n) is 12.4. The van der Waals surface area contributed by atoms with Crippen molar-refractivity contribution in [3.8, 4) is 0 Å². The van der Waals surface area contributed by atoms with E-state index in [0.29, 0.717) is 23.8 Å². The summed E-state index contributed by atoms with van der Waals surface area (Å²) in [5.41, 5.74) is 0.636. The zero-order valence-corrected chi connectivity index (χ0v) is 13.2. The Bertz CT molecular complexity index is 821. The van der Waals surface area contributed by atoms with Crippen molar-refractivity contribution in [1.29, 1.82) is 0 Å². The van der Waals surface area contributed by atoms with Crippen LogP contribution in [0.2, 0.25) is 0 Å². The largest absolute Gasteiger partial charge is 0.465 e. The van der Waals surface area contributed by atoms with Crippen LogP contribution in [-0.2, 0) is 11.3 Å². The quantitative estimate of drug-likeness (QED) is 0.754. The van der Waals surface area contributed by atoms with Crippen LogP contribution in [0.4, 0.5) is 0 Å². The third-order valence-electron chi connectivity index (χ3n) is 3.32. The van der Waals surface area contributed by atoms with Gasteiger partial charge in [-0.1, -0.05) is 0 Å². The van der Waals surface area contributed by atoms with Gasteiger partial charge in [-0.25, -0.2) is 4.98 Å². The number of thiazole rings is 1. The van der Waals surface area contributed by atoms with Crippen LogP contribution in [0.15, 0.2) is 39.0 Å². The number of ether oxygens (including phenoxy) is 1. The Kier molecular flexibility index (Phi) is 4.37. The summed E-state index contributed by atoms with van der Waals surface area (Å²) >= 11 is 1.44. The summed E-state index contributed by atoms with van der Waals surface area (Å²) in [5, 5.41) is 5.17. The lowest BCUT2D eigenvalue weighted by atomic mass is 10.2. The van der Waals surface area contributed by atoms with Crippen LogP contribution in [-0.4, -0.2) is 23.1 Å². The fourth-order valence-corrected chi connectivity index (χ4v) is 2.99. The second kappa shape index (κ2) is 6.43. The third kappa shape index (κ3) is 3.11. The number of nitrogens with one attached hydrogen (secondary N) is 1. The Morgan fingerprint density at radius 1 is 1.50 bits per heavy atom. The summed E-state index contributed by atoms with van der Waals surface area (Å²) in [6.45, 7) is 2.85. The van der Waals surface area contributed by atoms with Crippen LogP contribution in [0.3, 0.4) is 0 Å². The Balaban J connectivity index is 1.77. The molecule has 3 aromatic rings.